The first-order valence-corrected chi connectivity index (χ1v) is 1.85. The normalized spacial score (nSPS) is 9.17. The first kappa shape index (κ1) is 5.47. The van der Waals surface area contributed by atoms with Crippen molar-refractivity contribution in [3.8, 4) is 0 Å². The molecule has 1 radical (unpaired) electrons. The van der Waals surface area contributed by atoms with Gasteiger partial charge in [-0.05, 0) is 0 Å². The second-order valence-corrected chi connectivity index (χ2v) is 1.47. The SMILES string of the molecule is CC(C)C([O])=O. The minimum atomic E-state index is -0.991. The number of carbonyl (C=O) groups is 1. The summed E-state index contributed by atoms with van der Waals surface area (Å²) >= 11 is 0. The van der Waals surface area contributed by atoms with Crippen molar-refractivity contribution in [2.24, 2.45) is 5.92 Å². The Bertz CT molecular complexity index is 56.6. The molecule has 0 saturated carbocycles. The van der Waals surface area contributed by atoms with Gasteiger partial charge in [0.05, 0.1) is 5.92 Å². The smallest absolute Gasteiger partial charge is 0.247 e. The molecule has 0 aromatic carbocycles. The summed E-state index contributed by atoms with van der Waals surface area (Å²) in [5.74, 6) is -1.33. The summed E-state index contributed by atoms with van der Waals surface area (Å²) in [6.07, 6.45) is 0. The molecule has 0 aromatic rings. The fourth-order valence-corrected chi connectivity index (χ4v) is 0. The molecule has 0 atom stereocenters. The van der Waals surface area contributed by atoms with E-state index in [2.05, 4.69) is 0 Å². The fourth-order valence-electron chi connectivity index (χ4n) is 0. The first-order valence-electron chi connectivity index (χ1n) is 1.85. The Morgan fingerprint density at radius 3 is 1.67 bits per heavy atom. The van der Waals surface area contributed by atoms with Crippen LogP contribution in [-0.4, -0.2) is 5.97 Å². The summed E-state index contributed by atoms with van der Waals surface area (Å²) in [4.78, 5) is 9.59. The molecule has 0 rings (SSSR count). The van der Waals surface area contributed by atoms with Crippen molar-refractivity contribution >= 4 is 5.97 Å². The summed E-state index contributed by atoms with van der Waals surface area (Å²) in [6.45, 7) is 3.16. The van der Waals surface area contributed by atoms with Crippen LogP contribution in [0.4, 0.5) is 0 Å². The van der Waals surface area contributed by atoms with Gasteiger partial charge < -0.3 is 0 Å². The summed E-state index contributed by atoms with van der Waals surface area (Å²) in [5.41, 5.74) is 0. The van der Waals surface area contributed by atoms with Crippen LogP contribution >= 0.6 is 0 Å². The molecule has 2 heteroatoms. The van der Waals surface area contributed by atoms with Crippen LogP contribution in [-0.2, 0) is 9.90 Å². The van der Waals surface area contributed by atoms with E-state index < -0.39 is 5.97 Å². The van der Waals surface area contributed by atoms with Gasteiger partial charge in [-0.3, -0.25) is 0 Å². The Balaban J connectivity index is 3.26. The molecule has 0 heterocycles. The van der Waals surface area contributed by atoms with Crippen molar-refractivity contribution in [2.75, 3.05) is 0 Å². The third-order valence-corrected chi connectivity index (χ3v) is 0.471. The Labute approximate surface area is 36.8 Å². The molecule has 0 unspecified atom stereocenters. The molecule has 35 valence electrons. The number of carbonyl (C=O) groups excluding carboxylic acids is 1. The van der Waals surface area contributed by atoms with E-state index in [0.717, 1.165) is 0 Å². The second kappa shape index (κ2) is 1.80. The maximum Gasteiger partial charge on any atom is 0.358 e. The molecular weight excluding hydrogens is 80.0 g/mol. The van der Waals surface area contributed by atoms with Gasteiger partial charge >= 0.3 is 5.97 Å². The Morgan fingerprint density at radius 2 is 1.67 bits per heavy atom. The molecule has 0 aromatic heterocycles. The third-order valence-electron chi connectivity index (χ3n) is 0.471. The quantitative estimate of drug-likeness (QED) is 0.461. The fraction of sp³-hybridized carbons (Fsp3) is 0.750. The van der Waals surface area contributed by atoms with E-state index >= 15 is 0 Å². The zero-order chi connectivity index (χ0) is 5.15. The van der Waals surface area contributed by atoms with E-state index in [-0.39, 0.29) is 5.92 Å². The van der Waals surface area contributed by atoms with Crippen molar-refractivity contribution in [1.29, 1.82) is 0 Å². The molecule has 2 nitrogen and oxygen atoms in total. The Hall–Kier alpha value is -0.530. The van der Waals surface area contributed by atoms with Gasteiger partial charge in [-0.15, -0.1) is 0 Å². The molecule has 0 spiro atoms. The van der Waals surface area contributed by atoms with E-state index in [1.807, 2.05) is 0 Å². The first-order chi connectivity index (χ1) is 2.64. The van der Waals surface area contributed by atoms with Crippen LogP contribution < -0.4 is 0 Å². The topological polar surface area (TPSA) is 37.0 Å². The highest BCUT2D eigenvalue weighted by molar-refractivity contribution is 5.68. The Morgan fingerprint density at radius 1 is 1.50 bits per heavy atom. The standard InChI is InChI=1S/C4H7O2/c1-3(2)4(5)6/h3H,1-2H3. The molecule has 0 aliphatic heterocycles. The molecule has 0 amide bonds. The minimum absolute atomic E-state index is 0.343. The molecule has 0 aliphatic carbocycles. The van der Waals surface area contributed by atoms with Gasteiger partial charge in [0.15, 0.2) is 0 Å². The lowest BCUT2D eigenvalue weighted by Gasteiger charge is -1.85. The van der Waals surface area contributed by atoms with Crippen LogP contribution in [0.3, 0.4) is 0 Å². The van der Waals surface area contributed by atoms with Crippen molar-refractivity contribution < 1.29 is 9.90 Å². The summed E-state index contributed by atoms with van der Waals surface area (Å²) in [6, 6.07) is 0. The maximum atomic E-state index is 9.59. The lowest BCUT2D eigenvalue weighted by atomic mass is 10.2. The van der Waals surface area contributed by atoms with Gasteiger partial charge in [0.1, 0.15) is 0 Å². The van der Waals surface area contributed by atoms with Gasteiger partial charge in [-0.25, -0.2) is 9.90 Å². The predicted octanol–water partition coefficient (Wildman–Crippen LogP) is 0.599. The lowest BCUT2D eigenvalue weighted by molar-refractivity contribution is -0.146. The van der Waals surface area contributed by atoms with Crippen molar-refractivity contribution in [3.63, 3.8) is 0 Å². The van der Waals surface area contributed by atoms with Gasteiger partial charge in [-0.2, -0.15) is 0 Å². The molecule has 0 aliphatic rings. The van der Waals surface area contributed by atoms with E-state index in [9.17, 15) is 9.90 Å². The molecule has 6 heavy (non-hydrogen) atoms. The summed E-state index contributed by atoms with van der Waals surface area (Å²) in [5, 5.41) is 9.59. The monoisotopic (exact) mass is 87.0 g/mol. The van der Waals surface area contributed by atoms with Gasteiger partial charge in [0, 0.05) is 0 Å². The van der Waals surface area contributed by atoms with Crippen molar-refractivity contribution in [3.05, 3.63) is 0 Å². The average Bonchev–Trinajstić information content (AvgIpc) is 1.36. The van der Waals surface area contributed by atoms with Crippen LogP contribution in [0.1, 0.15) is 13.8 Å². The van der Waals surface area contributed by atoms with E-state index in [1.165, 1.54) is 0 Å². The molecule has 0 bridgehead atoms. The highest BCUT2D eigenvalue weighted by Crippen LogP contribution is 1.87. The molecule has 0 fully saturated rings. The van der Waals surface area contributed by atoms with Crippen molar-refractivity contribution in [2.45, 2.75) is 13.8 Å². The van der Waals surface area contributed by atoms with Gasteiger partial charge in [-0.1, -0.05) is 13.8 Å². The molecule has 0 N–H and O–H groups in total. The van der Waals surface area contributed by atoms with Crippen LogP contribution in [0.25, 0.3) is 0 Å². The second-order valence-electron chi connectivity index (χ2n) is 1.47. The highest BCUT2D eigenvalue weighted by Gasteiger charge is 2.02. The van der Waals surface area contributed by atoms with Crippen LogP contribution in [0.5, 0.6) is 0 Å². The third kappa shape index (κ3) is 1.76. The number of hydrogen-bond acceptors (Lipinski definition) is 1. The zero-order valence-electron chi connectivity index (χ0n) is 3.89. The Kier molecular flexibility index (Phi) is 1.64. The highest BCUT2D eigenvalue weighted by atomic mass is 16.4. The predicted molar refractivity (Wildman–Crippen MR) is 20.5 cm³/mol. The summed E-state index contributed by atoms with van der Waals surface area (Å²) in [7, 11) is 0. The summed E-state index contributed by atoms with van der Waals surface area (Å²) < 4.78 is 0. The van der Waals surface area contributed by atoms with Crippen LogP contribution in [0.2, 0.25) is 0 Å². The van der Waals surface area contributed by atoms with Gasteiger partial charge in [0.25, 0.3) is 0 Å². The zero-order valence-corrected chi connectivity index (χ0v) is 3.89. The van der Waals surface area contributed by atoms with E-state index in [0.29, 0.717) is 0 Å². The van der Waals surface area contributed by atoms with E-state index in [4.69, 9.17) is 0 Å². The molecule has 0 saturated heterocycles. The minimum Gasteiger partial charge on any atom is -0.247 e. The average molecular weight is 87.1 g/mol. The molecular formula is C4H7O2. The lowest BCUT2D eigenvalue weighted by Crippen LogP contribution is -2.01. The number of rotatable bonds is 1. The largest absolute Gasteiger partial charge is 0.358 e. The van der Waals surface area contributed by atoms with Crippen molar-refractivity contribution in [1.82, 2.24) is 0 Å². The number of hydrogen-bond donors (Lipinski definition) is 0. The van der Waals surface area contributed by atoms with Gasteiger partial charge in [0.2, 0.25) is 0 Å². The van der Waals surface area contributed by atoms with Crippen LogP contribution in [0.15, 0.2) is 0 Å². The maximum absolute atomic E-state index is 9.59. The van der Waals surface area contributed by atoms with Crippen LogP contribution in [0, 0.1) is 5.92 Å². The van der Waals surface area contributed by atoms with E-state index in [1.54, 1.807) is 13.8 Å².